The molecule has 7 nitrogen and oxygen atoms in total. The second kappa shape index (κ2) is 5.94. The van der Waals surface area contributed by atoms with E-state index in [9.17, 15) is 4.79 Å². The predicted octanol–water partition coefficient (Wildman–Crippen LogP) is 2.39. The van der Waals surface area contributed by atoms with Crippen LogP contribution in [-0.2, 0) is 24.3 Å². The minimum Gasteiger partial charge on any atom is -0.472 e. The monoisotopic (exact) mass is 348 g/mol. The molecule has 2 aromatic heterocycles. The second-order valence-electron chi connectivity index (χ2n) is 6.55. The van der Waals surface area contributed by atoms with Crippen molar-refractivity contribution in [3.05, 3.63) is 65.6 Å². The number of aryl methyl sites for hydroxylation is 1. The van der Waals surface area contributed by atoms with Gasteiger partial charge in [0.1, 0.15) is 17.9 Å². The molecule has 0 N–H and O–H groups in total. The van der Waals surface area contributed by atoms with E-state index in [1.807, 2.05) is 28.8 Å². The highest BCUT2D eigenvalue weighted by Crippen LogP contribution is 2.28. The predicted molar refractivity (Wildman–Crippen MR) is 92.0 cm³/mol. The van der Waals surface area contributed by atoms with Gasteiger partial charge in [-0.05, 0) is 30.2 Å². The summed E-state index contributed by atoms with van der Waals surface area (Å²) >= 11 is 0. The van der Waals surface area contributed by atoms with Crippen LogP contribution in [0.4, 0.5) is 0 Å². The fourth-order valence-corrected chi connectivity index (χ4v) is 3.52. The Morgan fingerprint density at radius 1 is 1.31 bits per heavy atom. The summed E-state index contributed by atoms with van der Waals surface area (Å²) in [6.07, 6.45) is 6.43. The molecular weight excluding hydrogens is 332 g/mol. The van der Waals surface area contributed by atoms with E-state index >= 15 is 0 Å². The van der Waals surface area contributed by atoms with Gasteiger partial charge < -0.3 is 13.7 Å². The van der Waals surface area contributed by atoms with Gasteiger partial charge >= 0.3 is 5.97 Å². The van der Waals surface area contributed by atoms with Crippen LogP contribution in [-0.4, -0.2) is 26.4 Å². The lowest BCUT2D eigenvalue weighted by Crippen LogP contribution is -2.29. The first-order chi connectivity index (χ1) is 12.8. The van der Waals surface area contributed by atoms with Gasteiger partial charge in [0.2, 0.25) is 0 Å². The highest BCUT2D eigenvalue weighted by molar-refractivity contribution is 6.15. The summed E-state index contributed by atoms with van der Waals surface area (Å²) in [7, 11) is 0. The molecule has 0 spiro atoms. The summed E-state index contributed by atoms with van der Waals surface area (Å²) < 4.78 is 12.7. The molecule has 2 aliphatic rings. The number of nitrogens with zero attached hydrogens (tertiary/aromatic N) is 4. The molecule has 0 bridgehead atoms. The van der Waals surface area contributed by atoms with Crippen LogP contribution in [0.25, 0.3) is 0 Å². The van der Waals surface area contributed by atoms with Crippen LogP contribution in [0.5, 0.6) is 5.75 Å². The van der Waals surface area contributed by atoms with E-state index in [1.165, 1.54) is 0 Å². The number of benzene rings is 1. The van der Waals surface area contributed by atoms with Crippen molar-refractivity contribution < 1.29 is 13.9 Å². The Kier molecular flexibility index (Phi) is 3.44. The fraction of sp³-hybridized carbons (Fsp3) is 0.263. The zero-order valence-electron chi connectivity index (χ0n) is 14.0. The number of fused-ring (bicyclic) bond motifs is 2. The number of furan rings is 1. The molecule has 0 amide bonds. The zero-order valence-corrected chi connectivity index (χ0v) is 14.0. The van der Waals surface area contributed by atoms with E-state index in [4.69, 9.17) is 9.15 Å². The Morgan fingerprint density at radius 3 is 3.15 bits per heavy atom. The minimum absolute atomic E-state index is 0.186. The number of hydrogen-bond donors (Lipinski definition) is 0. The summed E-state index contributed by atoms with van der Waals surface area (Å²) in [5.41, 5.74) is 3.91. The Hall–Kier alpha value is -3.22. The van der Waals surface area contributed by atoms with Crippen molar-refractivity contribution in [1.82, 2.24) is 14.8 Å². The lowest BCUT2D eigenvalue weighted by molar-refractivity contribution is -0.140. The van der Waals surface area contributed by atoms with Gasteiger partial charge in [0.15, 0.2) is 0 Å². The van der Waals surface area contributed by atoms with Crippen LogP contribution in [0, 0.1) is 5.92 Å². The van der Waals surface area contributed by atoms with Gasteiger partial charge in [-0.1, -0.05) is 6.07 Å². The van der Waals surface area contributed by atoms with Crippen molar-refractivity contribution in [3.8, 4) is 5.75 Å². The fourth-order valence-electron chi connectivity index (χ4n) is 3.52. The third kappa shape index (κ3) is 2.52. The van der Waals surface area contributed by atoms with Gasteiger partial charge in [-0.3, -0.25) is 9.79 Å². The molecule has 0 aliphatic carbocycles. The van der Waals surface area contributed by atoms with Crippen LogP contribution in [0.3, 0.4) is 0 Å². The molecule has 1 aromatic carbocycles. The number of aromatic nitrogens is 3. The molecule has 0 saturated carbocycles. The topological polar surface area (TPSA) is 82.5 Å². The van der Waals surface area contributed by atoms with Gasteiger partial charge in [0, 0.05) is 24.1 Å². The molecule has 3 aromatic rings. The number of carbonyl (C=O) groups excluding carboxylic acids is 1. The van der Waals surface area contributed by atoms with Crippen LogP contribution in [0.2, 0.25) is 0 Å². The Labute approximate surface area is 149 Å². The van der Waals surface area contributed by atoms with Crippen molar-refractivity contribution in [2.75, 3.05) is 0 Å². The average Bonchev–Trinajstić information content (AvgIpc) is 3.40. The maximum Gasteiger partial charge on any atom is 0.316 e. The van der Waals surface area contributed by atoms with E-state index in [0.717, 1.165) is 41.1 Å². The standard InChI is InChI=1S/C19H16N4O3/c24-19(13-2-4-17-22-21-11-23(17)9-13)26-15-3-1-12-8-20-18(16(12)7-15)14-5-6-25-10-14/h1,3,5-7,10-11,13H,2,4,8-9H2. The largest absolute Gasteiger partial charge is 0.472 e. The van der Waals surface area contributed by atoms with Crippen LogP contribution >= 0.6 is 0 Å². The van der Waals surface area contributed by atoms with Crippen molar-refractivity contribution >= 4 is 11.7 Å². The van der Waals surface area contributed by atoms with Crippen LogP contribution in [0.15, 0.2) is 52.5 Å². The Morgan fingerprint density at radius 2 is 2.27 bits per heavy atom. The number of ether oxygens (including phenoxy) is 1. The molecule has 130 valence electrons. The summed E-state index contributed by atoms with van der Waals surface area (Å²) in [6, 6.07) is 7.56. The minimum atomic E-state index is -0.218. The highest BCUT2D eigenvalue weighted by Gasteiger charge is 2.27. The van der Waals surface area contributed by atoms with Crippen molar-refractivity contribution in [3.63, 3.8) is 0 Å². The Bertz CT molecular complexity index is 1000. The lowest BCUT2D eigenvalue weighted by Gasteiger charge is -2.21. The third-order valence-electron chi connectivity index (χ3n) is 4.92. The zero-order chi connectivity index (χ0) is 17.5. The van der Waals surface area contributed by atoms with Crippen molar-refractivity contribution in [2.45, 2.75) is 25.9 Å². The average molecular weight is 348 g/mol. The lowest BCUT2D eigenvalue weighted by atomic mass is 9.99. The van der Waals surface area contributed by atoms with Crippen molar-refractivity contribution in [2.24, 2.45) is 10.9 Å². The molecule has 2 aliphatic heterocycles. The van der Waals surface area contributed by atoms with Crippen LogP contribution in [0.1, 0.15) is 28.9 Å². The molecule has 1 unspecified atom stereocenters. The normalized spacial score (nSPS) is 18.2. The molecule has 0 saturated heterocycles. The summed E-state index contributed by atoms with van der Waals surface area (Å²) in [4.78, 5) is 17.2. The third-order valence-corrected chi connectivity index (χ3v) is 4.92. The number of hydrogen-bond acceptors (Lipinski definition) is 6. The van der Waals surface area contributed by atoms with E-state index in [0.29, 0.717) is 18.8 Å². The summed E-state index contributed by atoms with van der Waals surface area (Å²) in [5, 5.41) is 7.94. The number of esters is 1. The molecule has 0 radical (unpaired) electrons. The van der Waals surface area contributed by atoms with Crippen LogP contribution < -0.4 is 4.74 Å². The molecule has 1 atom stereocenters. The maximum absolute atomic E-state index is 12.6. The maximum atomic E-state index is 12.6. The molecule has 0 fully saturated rings. The van der Waals surface area contributed by atoms with E-state index in [-0.39, 0.29) is 11.9 Å². The van der Waals surface area contributed by atoms with Crippen molar-refractivity contribution in [1.29, 1.82) is 0 Å². The van der Waals surface area contributed by atoms with Gasteiger partial charge in [-0.2, -0.15) is 0 Å². The number of carbonyl (C=O) groups is 1. The summed E-state index contributed by atoms with van der Waals surface area (Å²) in [6.45, 7) is 1.19. The summed E-state index contributed by atoms with van der Waals surface area (Å²) in [5.74, 6) is 1.06. The number of rotatable bonds is 3. The second-order valence-corrected chi connectivity index (χ2v) is 6.55. The number of aliphatic imine (C=N–C) groups is 1. The SMILES string of the molecule is O=C(Oc1ccc2c(c1)C(c1ccoc1)=NC2)C1CCc2nncn2C1. The van der Waals surface area contributed by atoms with Gasteiger partial charge in [-0.15, -0.1) is 10.2 Å². The van der Waals surface area contributed by atoms with Gasteiger partial charge in [0.25, 0.3) is 0 Å². The van der Waals surface area contributed by atoms with E-state index in [2.05, 4.69) is 15.2 Å². The first-order valence-electron chi connectivity index (χ1n) is 8.56. The molecule has 7 heteroatoms. The van der Waals surface area contributed by atoms with Gasteiger partial charge in [0.05, 0.1) is 30.7 Å². The van der Waals surface area contributed by atoms with E-state index < -0.39 is 0 Å². The Balaban J connectivity index is 1.35. The van der Waals surface area contributed by atoms with E-state index in [1.54, 1.807) is 18.9 Å². The highest BCUT2D eigenvalue weighted by atomic mass is 16.5. The molecule has 26 heavy (non-hydrogen) atoms. The first kappa shape index (κ1) is 15.1. The smallest absolute Gasteiger partial charge is 0.316 e. The molecule has 5 rings (SSSR count). The quantitative estimate of drug-likeness (QED) is 0.536. The van der Waals surface area contributed by atoms with Gasteiger partial charge in [-0.25, -0.2) is 0 Å². The molecular formula is C19H16N4O3. The molecule has 4 heterocycles. The first-order valence-corrected chi connectivity index (χ1v) is 8.56.